The fourth-order valence-electron chi connectivity index (χ4n) is 3.97. The summed E-state index contributed by atoms with van der Waals surface area (Å²) < 4.78 is 10.7. The van der Waals surface area contributed by atoms with Crippen molar-refractivity contribution in [1.82, 2.24) is 5.06 Å². The molecule has 0 spiro atoms. The van der Waals surface area contributed by atoms with E-state index in [0.29, 0.717) is 19.5 Å². The van der Waals surface area contributed by atoms with Gasteiger partial charge in [-0.05, 0) is 47.4 Å². The van der Waals surface area contributed by atoms with E-state index < -0.39 is 5.60 Å². The van der Waals surface area contributed by atoms with E-state index in [2.05, 4.69) is 12.1 Å². The maximum Gasteiger partial charge on any atom is 0.165 e. The second-order valence-corrected chi connectivity index (χ2v) is 7.43. The third-order valence-electron chi connectivity index (χ3n) is 5.57. The molecule has 1 unspecified atom stereocenters. The minimum absolute atomic E-state index is 0.384. The lowest BCUT2D eigenvalue weighted by Crippen LogP contribution is -2.40. The molecule has 0 radical (unpaired) electrons. The van der Waals surface area contributed by atoms with Crippen LogP contribution in [0.25, 0.3) is 0 Å². The van der Waals surface area contributed by atoms with E-state index in [-0.39, 0.29) is 6.10 Å². The number of β-amino-alcohol motifs (C(OH)–C–C–N with tert-alkyl or cyclic N) is 1. The largest absolute Gasteiger partial charge is 0.497 e. The van der Waals surface area contributed by atoms with Gasteiger partial charge in [-0.15, -0.1) is 0 Å². The predicted molar refractivity (Wildman–Crippen MR) is 116 cm³/mol. The second kappa shape index (κ2) is 8.88. The number of aliphatic hydroxyl groups is 1. The molecule has 5 nitrogen and oxygen atoms in total. The summed E-state index contributed by atoms with van der Waals surface area (Å²) in [4.78, 5) is 6.77. The number of benzene rings is 3. The lowest BCUT2D eigenvalue weighted by molar-refractivity contribution is -0.213. The zero-order chi connectivity index (χ0) is 21.0. The summed E-state index contributed by atoms with van der Waals surface area (Å²) in [6.07, 6.45) is 0.307. The van der Waals surface area contributed by atoms with Gasteiger partial charge < -0.3 is 14.6 Å². The van der Waals surface area contributed by atoms with Gasteiger partial charge in [0.25, 0.3) is 0 Å². The molecule has 1 heterocycles. The van der Waals surface area contributed by atoms with Crippen molar-refractivity contribution in [2.45, 2.75) is 18.1 Å². The predicted octanol–water partition coefficient (Wildman–Crippen LogP) is 3.99. The van der Waals surface area contributed by atoms with E-state index in [1.54, 1.807) is 14.2 Å². The average Bonchev–Trinajstić information content (AvgIpc) is 3.22. The van der Waals surface area contributed by atoms with Crippen LogP contribution < -0.4 is 9.47 Å². The maximum atomic E-state index is 10.1. The van der Waals surface area contributed by atoms with Gasteiger partial charge in [0, 0.05) is 6.54 Å². The van der Waals surface area contributed by atoms with Crippen molar-refractivity contribution in [2.75, 3.05) is 27.3 Å². The van der Waals surface area contributed by atoms with Gasteiger partial charge in [0.2, 0.25) is 0 Å². The van der Waals surface area contributed by atoms with Crippen molar-refractivity contribution < 1.29 is 19.4 Å². The Labute approximate surface area is 177 Å². The van der Waals surface area contributed by atoms with Crippen molar-refractivity contribution in [3.05, 3.63) is 95.6 Å². The summed E-state index contributed by atoms with van der Waals surface area (Å²) in [6.45, 7) is 1.14. The Hall–Kier alpha value is -2.86. The molecule has 1 fully saturated rings. The van der Waals surface area contributed by atoms with Crippen LogP contribution in [0.2, 0.25) is 0 Å². The van der Waals surface area contributed by atoms with Crippen LogP contribution in [0.15, 0.2) is 78.9 Å². The van der Waals surface area contributed by atoms with Crippen LogP contribution in [0.4, 0.5) is 0 Å². The van der Waals surface area contributed by atoms with Gasteiger partial charge in [-0.1, -0.05) is 54.6 Å². The van der Waals surface area contributed by atoms with E-state index in [9.17, 15) is 5.11 Å². The molecule has 1 aliphatic rings. The van der Waals surface area contributed by atoms with E-state index in [0.717, 1.165) is 28.2 Å². The highest BCUT2D eigenvalue weighted by molar-refractivity contribution is 5.49. The standard InChI is InChI=1S/C25H27NO4/c1-28-23-12-8-20(9-13-23)25(19-6-4-3-5-7-19,30-26-17-16-22(27)18-26)21-10-14-24(29-2)15-11-21/h3-15,22,27H,16-18H2,1-2H3. The number of methoxy groups -OCH3 is 2. The van der Waals surface area contributed by atoms with E-state index >= 15 is 0 Å². The molecule has 30 heavy (non-hydrogen) atoms. The van der Waals surface area contributed by atoms with Crippen LogP contribution in [0, 0.1) is 0 Å². The first-order chi connectivity index (χ1) is 14.7. The molecule has 0 amide bonds. The third kappa shape index (κ3) is 3.92. The van der Waals surface area contributed by atoms with Crippen LogP contribution in [0.1, 0.15) is 23.1 Å². The molecule has 3 aromatic rings. The van der Waals surface area contributed by atoms with Crippen LogP contribution in [-0.4, -0.2) is 43.6 Å². The van der Waals surface area contributed by atoms with Gasteiger partial charge in [-0.25, -0.2) is 0 Å². The van der Waals surface area contributed by atoms with Gasteiger partial charge >= 0.3 is 0 Å². The monoisotopic (exact) mass is 405 g/mol. The topological polar surface area (TPSA) is 51.2 Å². The second-order valence-electron chi connectivity index (χ2n) is 7.43. The molecule has 4 rings (SSSR count). The quantitative estimate of drug-likeness (QED) is 0.603. The van der Waals surface area contributed by atoms with Crippen LogP contribution in [-0.2, 0) is 10.4 Å². The van der Waals surface area contributed by atoms with Gasteiger partial charge in [-0.3, -0.25) is 4.84 Å². The fraction of sp³-hybridized carbons (Fsp3) is 0.280. The molecule has 1 N–H and O–H groups in total. The molecule has 0 bridgehead atoms. The first-order valence-corrected chi connectivity index (χ1v) is 10.1. The van der Waals surface area contributed by atoms with Gasteiger partial charge in [0.05, 0.1) is 26.9 Å². The zero-order valence-corrected chi connectivity index (χ0v) is 17.3. The number of ether oxygens (including phenoxy) is 2. The summed E-state index contributed by atoms with van der Waals surface area (Å²) in [6, 6.07) is 26.1. The van der Waals surface area contributed by atoms with Crippen LogP contribution in [0.5, 0.6) is 11.5 Å². The lowest BCUT2D eigenvalue weighted by atomic mass is 9.80. The molecule has 156 valence electrons. The Morgan fingerprint density at radius 2 is 1.27 bits per heavy atom. The molecule has 1 aliphatic heterocycles. The van der Waals surface area contributed by atoms with Crippen molar-refractivity contribution in [1.29, 1.82) is 0 Å². The highest BCUT2D eigenvalue weighted by Gasteiger charge is 2.41. The number of hydrogen-bond donors (Lipinski definition) is 1. The van der Waals surface area contributed by atoms with E-state index in [4.69, 9.17) is 14.3 Å². The number of rotatable bonds is 7. The molecular formula is C25H27NO4. The van der Waals surface area contributed by atoms with E-state index in [1.807, 2.05) is 71.8 Å². The summed E-state index contributed by atoms with van der Waals surface area (Å²) in [5.74, 6) is 1.57. The average molecular weight is 405 g/mol. The van der Waals surface area contributed by atoms with Crippen LogP contribution >= 0.6 is 0 Å². The molecule has 0 aliphatic carbocycles. The van der Waals surface area contributed by atoms with Crippen molar-refractivity contribution >= 4 is 0 Å². The summed E-state index contributed by atoms with van der Waals surface area (Å²) in [5.41, 5.74) is 2.06. The fourth-order valence-corrected chi connectivity index (χ4v) is 3.97. The van der Waals surface area contributed by atoms with Crippen molar-refractivity contribution in [3.63, 3.8) is 0 Å². The number of nitrogens with zero attached hydrogens (tertiary/aromatic N) is 1. The molecule has 0 saturated carbocycles. The Morgan fingerprint density at radius 1 is 0.767 bits per heavy atom. The zero-order valence-electron chi connectivity index (χ0n) is 17.3. The molecule has 1 atom stereocenters. The minimum atomic E-state index is -0.885. The summed E-state index contributed by atoms with van der Waals surface area (Å²) in [5, 5.41) is 12.0. The Balaban J connectivity index is 1.90. The Morgan fingerprint density at radius 3 is 1.70 bits per heavy atom. The van der Waals surface area contributed by atoms with Crippen molar-refractivity contribution in [3.8, 4) is 11.5 Å². The molecular weight excluding hydrogens is 378 g/mol. The Kier molecular flexibility index (Phi) is 6.04. The summed E-state index contributed by atoms with van der Waals surface area (Å²) >= 11 is 0. The van der Waals surface area contributed by atoms with Gasteiger partial charge in [0.15, 0.2) is 5.60 Å². The lowest BCUT2D eigenvalue weighted by Gasteiger charge is -2.38. The normalized spacial score (nSPS) is 17.1. The highest BCUT2D eigenvalue weighted by Crippen LogP contribution is 2.42. The molecule has 5 heteroatoms. The first kappa shape index (κ1) is 20.4. The molecule has 0 aromatic heterocycles. The number of hydrogen-bond acceptors (Lipinski definition) is 5. The molecule has 1 saturated heterocycles. The SMILES string of the molecule is COc1ccc(C(ON2CCC(O)C2)(c2ccccc2)c2ccc(OC)cc2)cc1. The van der Waals surface area contributed by atoms with Crippen molar-refractivity contribution in [2.24, 2.45) is 0 Å². The van der Waals surface area contributed by atoms with Crippen LogP contribution in [0.3, 0.4) is 0 Å². The third-order valence-corrected chi connectivity index (χ3v) is 5.57. The smallest absolute Gasteiger partial charge is 0.165 e. The molecule has 3 aromatic carbocycles. The number of hydroxylamine groups is 2. The Bertz CT molecular complexity index is 894. The first-order valence-electron chi connectivity index (χ1n) is 10.1. The van der Waals surface area contributed by atoms with E-state index in [1.165, 1.54) is 0 Å². The number of aliphatic hydroxyl groups excluding tert-OH is 1. The maximum absolute atomic E-state index is 10.1. The van der Waals surface area contributed by atoms with Gasteiger partial charge in [-0.2, -0.15) is 5.06 Å². The summed E-state index contributed by atoms with van der Waals surface area (Å²) in [7, 11) is 3.32. The van der Waals surface area contributed by atoms with Gasteiger partial charge in [0.1, 0.15) is 11.5 Å². The minimum Gasteiger partial charge on any atom is -0.497 e. The highest BCUT2D eigenvalue weighted by atomic mass is 16.7.